The summed E-state index contributed by atoms with van der Waals surface area (Å²) in [6.45, 7) is 6.29. The average Bonchev–Trinajstić information content (AvgIpc) is 3.00. The van der Waals surface area contributed by atoms with Crippen LogP contribution in [-0.2, 0) is 23.1 Å². The van der Waals surface area contributed by atoms with Crippen LogP contribution in [0.25, 0.3) is 0 Å². The minimum atomic E-state index is -4.13. The lowest BCUT2D eigenvalue weighted by Crippen LogP contribution is -2.26. The molecule has 0 fully saturated rings. The smallest absolute Gasteiger partial charge is 0.379 e. The molecule has 0 rings (SSSR count). The molecular formula is C35H74NO6P. The Balaban J connectivity index is 3.91. The van der Waals surface area contributed by atoms with E-state index in [1.807, 2.05) is 0 Å². The predicted octanol–water partition coefficient (Wildman–Crippen LogP) is 10.7. The van der Waals surface area contributed by atoms with Gasteiger partial charge in [-0.2, -0.15) is 0 Å². The van der Waals surface area contributed by atoms with Gasteiger partial charge in [0.2, 0.25) is 0 Å². The van der Waals surface area contributed by atoms with Gasteiger partial charge in [0.25, 0.3) is 0 Å². The Morgan fingerprint density at radius 2 is 0.884 bits per heavy atom. The molecule has 0 saturated heterocycles. The quantitative estimate of drug-likeness (QED) is 0.0517. The van der Waals surface area contributed by atoms with Gasteiger partial charge >= 0.3 is 7.82 Å². The minimum Gasteiger partial charge on any atom is -0.379 e. The van der Waals surface area contributed by atoms with Gasteiger partial charge in [0.15, 0.2) is 0 Å². The number of hydrogen-bond acceptors (Lipinski definition) is 6. The van der Waals surface area contributed by atoms with Crippen LogP contribution in [0.2, 0.25) is 0 Å². The SMILES string of the molecule is CCCCCCCCCCCCCCCOC[C@H](COP(=O)(O)OCCN)OCCCCCCCCCCCCCCC. The molecule has 0 spiro atoms. The van der Waals surface area contributed by atoms with Crippen molar-refractivity contribution in [2.24, 2.45) is 5.73 Å². The lowest BCUT2D eigenvalue weighted by Gasteiger charge is -2.20. The number of hydrogen-bond donors (Lipinski definition) is 2. The zero-order chi connectivity index (χ0) is 31.5. The van der Waals surface area contributed by atoms with Gasteiger partial charge in [-0.25, -0.2) is 4.57 Å². The molecule has 0 radical (unpaired) electrons. The lowest BCUT2D eigenvalue weighted by atomic mass is 10.0. The van der Waals surface area contributed by atoms with E-state index in [4.69, 9.17) is 24.3 Å². The second kappa shape index (κ2) is 34.9. The highest BCUT2D eigenvalue weighted by Crippen LogP contribution is 2.43. The zero-order valence-electron chi connectivity index (χ0n) is 28.7. The van der Waals surface area contributed by atoms with Crippen molar-refractivity contribution >= 4 is 7.82 Å². The Labute approximate surface area is 267 Å². The van der Waals surface area contributed by atoms with E-state index in [0.29, 0.717) is 19.8 Å². The van der Waals surface area contributed by atoms with E-state index in [-0.39, 0.29) is 25.9 Å². The van der Waals surface area contributed by atoms with Gasteiger partial charge < -0.3 is 20.1 Å². The van der Waals surface area contributed by atoms with Crippen molar-refractivity contribution in [2.75, 3.05) is 39.6 Å². The molecule has 260 valence electrons. The van der Waals surface area contributed by atoms with Gasteiger partial charge in [-0.1, -0.05) is 168 Å². The third-order valence-corrected chi connectivity index (χ3v) is 9.08. The van der Waals surface area contributed by atoms with E-state index in [9.17, 15) is 9.46 Å². The lowest BCUT2D eigenvalue weighted by molar-refractivity contribution is -0.0443. The summed E-state index contributed by atoms with van der Waals surface area (Å²) in [7, 11) is -4.13. The first-order chi connectivity index (χ1) is 21.1. The highest BCUT2D eigenvalue weighted by molar-refractivity contribution is 7.47. The second-order valence-corrected chi connectivity index (χ2v) is 13.9. The molecule has 0 aromatic rings. The molecule has 8 heteroatoms. The number of rotatable bonds is 37. The van der Waals surface area contributed by atoms with Crippen molar-refractivity contribution in [1.29, 1.82) is 0 Å². The van der Waals surface area contributed by atoms with Crippen molar-refractivity contribution in [3.63, 3.8) is 0 Å². The summed E-state index contributed by atoms with van der Waals surface area (Å²) < 4.78 is 33.9. The van der Waals surface area contributed by atoms with Gasteiger partial charge in [-0.05, 0) is 12.8 Å². The van der Waals surface area contributed by atoms with E-state index < -0.39 is 7.82 Å². The number of phosphoric ester groups is 1. The number of nitrogens with two attached hydrogens (primary N) is 1. The standard InChI is InChI=1S/C35H74NO6P/c1-3-5-7-9-11-13-15-17-19-21-23-25-27-30-39-33-35(34-42-43(37,38)41-32-29-36)40-31-28-26-24-22-20-18-16-14-12-10-8-6-4-2/h35H,3-34,36H2,1-2H3,(H,37,38)/t35-/m1/s1. The fraction of sp³-hybridized carbons (Fsp3) is 1.00. The highest BCUT2D eigenvalue weighted by atomic mass is 31.2. The monoisotopic (exact) mass is 636 g/mol. The summed E-state index contributed by atoms with van der Waals surface area (Å²) in [5, 5.41) is 0. The molecule has 0 aromatic carbocycles. The van der Waals surface area contributed by atoms with Crippen molar-refractivity contribution in [3.05, 3.63) is 0 Å². The third kappa shape index (κ3) is 34.7. The highest BCUT2D eigenvalue weighted by Gasteiger charge is 2.23. The van der Waals surface area contributed by atoms with E-state index in [1.54, 1.807) is 0 Å². The first-order valence-corrected chi connectivity index (χ1v) is 20.1. The Hall–Kier alpha value is -0.0100. The molecule has 2 atom stereocenters. The maximum absolute atomic E-state index is 12.1. The number of ether oxygens (including phenoxy) is 2. The maximum Gasteiger partial charge on any atom is 0.472 e. The molecule has 0 aromatic heterocycles. The fourth-order valence-corrected chi connectivity index (χ4v) is 6.10. The van der Waals surface area contributed by atoms with Gasteiger partial charge in [0.1, 0.15) is 6.10 Å². The topological polar surface area (TPSA) is 100 Å². The van der Waals surface area contributed by atoms with Gasteiger partial charge in [0, 0.05) is 19.8 Å². The molecule has 0 heterocycles. The fourth-order valence-electron chi connectivity index (χ4n) is 5.33. The molecule has 0 aliphatic rings. The van der Waals surface area contributed by atoms with Gasteiger partial charge in [-0.15, -0.1) is 0 Å². The van der Waals surface area contributed by atoms with Crippen LogP contribution in [0.5, 0.6) is 0 Å². The zero-order valence-corrected chi connectivity index (χ0v) is 29.6. The van der Waals surface area contributed by atoms with E-state index in [2.05, 4.69) is 13.8 Å². The predicted molar refractivity (Wildman–Crippen MR) is 183 cm³/mol. The molecular weight excluding hydrogens is 561 g/mol. The van der Waals surface area contributed by atoms with Crippen LogP contribution < -0.4 is 5.73 Å². The van der Waals surface area contributed by atoms with Crippen LogP contribution in [-0.4, -0.2) is 50.6 Å². The summed E-state index contributed by atoms with van der Waals surface area (Å²) in [4.78, 5) is 9.85. The van der Waals surface area contributed by atoms with E-state index in [0.717, 1.165) is 19.3 Å². The van der Waals surface area contributed by atoms with Crippen molar-refractivity contribution < 1.29 is 28.0 Å². The van der Waals surface area contributed by atoms with Crippen LogP contribution in [0.3, 0.4) is 0 Å². The van der Waals surface area contributed by atoms with Crippen LogP contribution in [0.15, 0.2) is 0 Å². The normalized spacial score (nSPS) is 13.9. The minimum absolute atomic E-state index is 0.0200. The molecule has 0 bridgehead atoms. The van der Waals surface area contributed by atoms with Crippen molar-refractivity contribution in [2.45, 2.75) is 187 Å². The Morgan fingerprint density at radius 1 is 0.512 bits per heavy atom. The molecule has 7 nitrogen and oxygen atoms in total. The Morgan fingerprint density at radius 3 is 1.28 bits per heavy atom. The van der Waals surface area contributed by atoms with Crippen LogP contribution in [0.1, 0.15) is 181 Å². The summed E-state index contributed by atoms with van der Waals surface area (Å²) >= 11 is 0. The molecule has 0 saturated carbocycles. The molecule has 3 N–H and O–H groups in total. The van der Waals surface area contributed by atoms with Crippen molar-refractivity contribution in [1.82, 2.24) is 0 Å². The summed E-state index contributed by atoms with van der Waals surface area (Å²) in [6.07, 6.45) is 33.8. The van der Waals surface area contributed by atoms with Gasteiger partial charge in [0.05, 0.1) is 19.8 Å². The van der Waals surface area contributed by atoms with Gasteiger partial charge in [-0.3, -0.25) is 9.05 Å². The van der Waals surface area contributed by atoms with Crippen LogP contribution >= 0.6 is 7.82 Å². The summed E-state index contributed by atoms with van der Waals surface area (Å²) in [5.41, 5.74) is 5.37. The molecule has 0 amide bonds. The first-order valence-electron chi connectivity index (χ1n) is 18.6. The Kier molecular flexibility index (Phi) is 34.8. The molecule has 0 aliphatic heterocycles. The summed E-state index contributed by atoms with van der Waals surface area (Å²) in [6, 6.07) is 0. The van der Waals surface area contributed by atoms with Crippen LogP contribution in [0, 0.1) is 0 Å². The maximum atomic E-state index is 12.1. The number of phosphoric acid groups is 1. The van der Waals surface area contributed by atoms with E-state index >= 15 is 0 Å². The van der Waals surface area contributed by atoms with E-state index in [1.165, 1.54) is 148 Å². The van der Waals surface area contributed by atoms with Crippen molar-refractivity contribution in [3.8, 4) is 0 Å². The largest absolute Gasteiger partial charge is 0.472 e. The first kappa shape index (κ1) is 43.0. The number of unbranched alkanes of at least 4 members (excludes halogenated alkanes) is 24. The molecule has 0 aliphatic carbocycles. The third-order valence-electron chi connectivity index (χ3n) is 8.09. The second-order valence-electron chi connectivity index (χ2n) is 12.4. The van der Waals surface area contributed by atoms with Crippen LogP contribution in [0.4, 0.5) is 0 Å². The summed E-state index contributed by atoms with van der Waals surface area (Å²) in [5.74, 6) is 0. The molecule has 43 heavy (non-hydrogen) atoms. The Bertz CT molecular complexity index is 583. The average molecular weight is 636 g/mol. The molecule has 1 unspecified atom stereocenters.